The van der Waals surface area contributed by atoms with E-state index in [2.05, 4.69) is 16.0 Å². The zero-order valence-electron chi connectivity index (χ0n) is 15.1. The van der Waals surface area contributed by atoms with E-state index in [1.807, 2.05) is 24.4 Å². The monoisotopic (exact) mass is 336 g/mol. The third-order valence-electron chi connectivity index (χ3n) is 7.08. The molecule has 132 valence electrons. The normalized spacial score (nSPS) is 32.9. The van der Waals surface area contributed by atoms with E-state index in [9.17, 15) is 0 Å². The minimum atomic E-state index is 0.643. The Morgan fingerprint density at radius 3 is 2.44 bits per heavy atom. The summed E-state index contributed by atoms with van der Waals surface area (Å²) in [6.07, 6.45) is 13.6. The lowest BCUT2D eigenvalue weighted by atomic mass is 9.48. The summed E-state index contributed by atoms with van der Waals surface area (Å²) in [4.78, 5) is 8.17. The fourth-order valence-corrected chi connectivity index (χ4v) is 6.46. The molecular formula is C22H28N2O. The Bertz CT molecular complexity index is 728. The predicted octanol–water partition coefficient (Wildman–Crippen LogP) is 5.23. The van der Waals surface area contributed by atoms with Gasteiger partial charge in [0, 0.05) is 11.9 Å². The van der Waals surface area contributed by atoms with E-state index in [0.717, 1.165) is 41.3 Å². The van der Waals surface area contributed by atoms with Crippen LogP contribution in [0.25, 0.3) is 11.4 Å². The molecule has 1 N–H and O–H groups in total. The van der Waals surface area contributed by atoms with E-state index < -0.39 is 0 Å². The number of hydrogen-bond acceptors (Lipinski definition) is 2. The molecule has 0 unspecified atom stereocenters. The van der Waals surface area contributed by atoms with Gasteiger partial charge in [-0.15, -0.1) is 0 Å². The van der Waals surface area contributed by atoms with Gasteiger partial charge >= 0.3 is 0 Å². The average molecular weight is 336 g/mol. The molecule has 0 amide bonds. The molecule has 25 heavy (non-hydrogen) atoms. The number of nitrogens with zero attached hydrogens (tertiary/aromatic N) is 1. The van der Waals surface area contributed by atoms with Crippen LogP contribution < -0.4 is 4.74 Å². The quantitative estimate of drug-likeness (QED) is 0.811. The molecule has 4 saturated carbocycles. The second-order valence-electron chi connectivity index (χ2n) is 8.87. The Hall–Kier alpha value is -1.77. The number of aryl methyl sites for hydroxylation is 1. The van der Waals surface area contributed by atoms with Gasteiger partial charge in [-0.05, 0) is 86.7 Å². The number of H-pyrrole nitrogens is 1. The Labute approximate surface area is 150 Å². The number of ether oxygens (including phenoxy) is 1. The third-order valence-corrected chi connectivity index (χ3v) is 7.08. The second kappa shape index (κ2) is 5.89. The summed E-state index contributed by atoms with van der Waals surface area (Å²) in [5.74, 6) is 4.92. The van der Waals surface area contributed by atoms with Gasteiger partial charge in [0.2, 0.25) is 0 Å². The van der Waals surface area contributed by atoms with Gasteiger partial charge in [-0.3, -0.25) is 0 Å². The summed E-state index contributed by atoms with van der Waals surface area (Å²) in [6.45, 7) is 0. The summed E-state index contributed by atoms with van der Waals surface area (Å²) in [7, 11) is 1.72. The van der Waals surface area contributed by atoms with Gasteiger partial charge in [-0.2, -0.15) is 0 Å². The number of aromatic amines is 1. The van der Waals surface area contributed by atoms with Crippen LogP contribution in [0, 0.1) is 23.2 Å². The maximum atomic E-state index is 5.47. The van der Waals surface area contributed by atoms with Gasteiger partial charge in [0.25, 0.3) is 0 Å². The molecule has 0 spiro atoms. The molecule has 6 rings (SSSR count). The van der Waals surface area contributed by atoms with Gasteiger partial charge in [0.15, 0.2) is 0 Å². The van der Waals surface area contributed by atoms with Crippen LogP contribution in [0.4, 0.5) is 0 Å². The molecule has 4 aliphatic rings. The van der Waals surface area contributed by atoms with E-state index in [1.54, 1.807) is 7.11 Å². The average Bonchev–Trinajstić information content (AvgIpc) is 3.08. The van der Waals surface area contributed by atoms with Crippen molar-refractivity contribution in [2.75, 3.05) is 7.11 Å². The van der Waals surface area contributed by atoms with Crippen molar-refractivity contribution in [3.8, 4) is 17.1 Å². The zero-order valence-corrected chi connectivity index (χ0v) is 15.1. The van der Waals surface area contributed by atoms with Gasteiger partial charge in [-0.1, -0.05) is 12.1 Å². The van der Waals surface area contributed by atoms with Crippen molar-refractivity contribution in [2.24, 2.45) is 23.2 Å². The van der Waals surface area contributed by atoms with E-state index >= 15 is 0 Å². The van der Waals surface area contributed by atoms with Crippen molar-refractivity contribution in [2.45, 2.75) is 51.4 Å². The molecular weight excluding hydrogens is 308 g/mol. The molecule has 0 radical (unpaired) electrons. The first-order valence-corrected chi connectivity index (χ1v) is 9.90. The number of para-hydroxylation sites is 1. The molecule has 2 aromatic rings. The van der Waals surface area contributed by atoms with Crippen molar-refractivity contribution >= 4 is 0 Å². The Morgan fingerprint density at radius 2 is 1.76 bits per heavy atom. The largest absolute Gasteiger partial charge is 0.496 e. The van der Waals surface area contributed by atoms with Gasteiger partial charge in [-0.25, -0.2) is 4.98 Å². The maximum Gasteiger partial charge on any atom is 0.141 e. The van der Waals surface area contributed by atoms with Crippen molar-refractivity contribution < 1.29 is 4.74 Å². The molecule has 3 nitrogen and oxygen atoms in total. The topological polar surface area (TPSA) is 37.9 Å². The van der Waals surface area contributed by atoms with Gasteiger partial charge in [0.05, 0.1) is 12.7 Å². The highest BCUT2D eigenvalue weighted by atomic mass is 16.5. The van der Waals surface area contributed by atoms with E-state index in [4.69, 9.17) is 4.74 Å². The first kappa shape index (κ1) is 15.5. The highest BCUT2D eigenvalue weighted by Crippen LogP contribution is 2.61. The molecule has 4 bridgehead atoms. The highest BCUT2D eigenvalue weighted by molar-refractivity contribution is 5.64. The fraction of sp³-hybridized carbons (Fsp3) is 0.591. The fourth-order valence-electron chi connectivity index (χ4n) is 6.46. The van der Waals surface area contributed by atoms with Crippen molar-refractivity contribution in [3.05, 3.63) is 36.2 Å². The molecule has 4 fully saturated rings. The van der Waals surface area contributed by atoms with Crippen LogP contribution in [0.3, 0.4) is 0 Å². The molecule has 0 aliphatic heterocycles. The van der Waals surface area contributed by atoms with Crippen LogP contribution >= 0.6 is 0 Å². The second-order valence-corrected chi connectivity index (χ2v) is 8.87. The number of methoxy groups -OCH3 is 1. The predicted molar refractivity (Wildman–Crippen MR) is 99.5 cm³/mol. The van der Waals surface area contributed by atoms with Crippen molar-refractivity contribution in [1.82, 2.24) is 9.97 Å². The molecule has 4 aliphatic carbocycles. The Balaban J connectivity index is 1.31. The molecule has 1 aromatic heterocycles. The summed E-state index contributed by atoms with van der Waals surface area (Å²) < 4.78 is 5.47. The summed E-state index contributed by atoms with van der Waals surface area (Å²) >= 11 is 0. The number of rotatable bonds is 5. The Morgan fingerprint density at radius 1 is 1.08 bits per heavy atom. The lowest BCUT2D eigenvalue weighted by Gasteiger charge is -2.57. The van der Waals surface area contributed by atoms with Crippen LogP contribution in [0.5, 0.6) is 5.75 Å². The van der Waals surface area contributed by atoms with Crippen LogP contribution in [0.1, 0.15) is 50.6 Å². The van der Waals surface area contributed by atoms with Crippen LogP contribution in [0.2, 0.25) is 0 Å². The molecule has 1 heterocycles. The molecule has 1 aromatic carbocycles. The van der Waals surface area contributed by atoms with Crippen molar-refractivity contribution in [3.63, 3.8) is 0 Å². The standard InChI is InChI=1S/C22H28N2O/c1-25-20-5-3-2-4-19(20)21-23-14-18(24-21)6-7-22-11-15-8-16(12-22)10-17(9-15)13-22/h2-5,14-17H,6-13H2,1H3,(H,23,24). The number of imidazole rings is 1. The summed E-state index contributed by atoms with van der Waals surface area (Å²) in [6, 6.07) is 8.10. The summed E-state index contributed by atoms with van der Waals surface area (Å²) in [5, 5.41) is 0. The van der Waals surface area contributed by atoms with E-state index in [1.165, 1.54) is 50.6 Å². The third kappa shape index (κ3) is 2.78. The highest BCUT2D eigenvalue weighted by Gasteiger charge is 2.50. The zero-order chi connectivity index (χ0) is 16.9. The van der Waals surface area contributed by atoms with Gasteiger partial charge < -0.3 is 9.72 Å². The van der Waals surface area contributed by atoms with E-state index in [0.29, 0.717) is 5.41 Å². The lowest BCUT2D eigenvalue weighted by Crippen LogP contribution is -2.46. The summed E-state index contributed by atoms with van der Waals surface area (Å²) in [5.41, 5.74) is 2.97. The SMILES string of the molecule is COc1ccccc1-c1ncc(CCC23CC4CC(CC(C4)C2)C3)[nH]1. The number of nitrogens with one attached hydrogen (secondary N) is 1. The van der Waals surface area contributed by atoms with Crippen LogP contribution in [-0.2, 0) is 6.42 Å². The van der Waals surface area contributed by atoms with Crippen LogP contribution in [-0.4, -0.2) is 17.1 Å². The molecule has 0 atom stereocenters. The first-order valence-electron chi connectivity index (χ1n) is 9.90. The molecule has 3 heteroatoms. The minimum Gasteiger partial charge on any atom is -0.496 e. The smallest absolute Gasteiger partial charge is 0.141 e. The molecule has 0 saturated heterocycles. The number of hydrogen-bond donors (Lipinski definition) is 1. The van der Waals surface area contributed by atoms with E-state index in [-0.39, 0.29) is 0 Å². The van der Waals surface area contributed by atoms with Gasteiger partial charge in [0.1, 0.15) is 11.6 Å². The first-order chi connectivity index (χ1) is 12.2. The van der Waals surface area contributed by atoms with Crippen molar-refractivity contribution in [1.29, 1.82) is 0 Å². The number of benzene rings is 1. The maximum absolute atomic E-state index is 5.47. The number of aromatic nitrogens is 2. The van der Waals surface area contributed by atoms with Crippen LogP contribution in [0.15, 0.2) is 30.5 Å². The Kier molecular flexibility index (Phi) is 3.65. The minimum absolute atomic E-state index is 0.643. The lowest BCUT2D eigenvalue weighted by molar-refractivity contribution is -0.0570.